The van der Waals surface area contributed by atoms with Crippen molar-refractivity contribution in [3.05, 3.63) is 36.0 Å². The van der Waals surface area contributed by atoms with Gasteiger partial charge in [0.2, 0.25) is 9.84 Å². The van der Waals surface area contributed by atoms with Crippen LogP contribution in [0.15, 0.2) is 45.1 Å². The Hall–Kier alpha value is -2.52. The summed E-state index contributed by atoms with van der Waals surface area (Å²) in [5.41, 5.74) is 7.24. The highest BCUT2D eigenvalue weighted by molar-refractivity contribution is 7.91. The maximum Gasteiger partial charge on any atom is 0.212 e. The molecule has 3 heterocycles. The fourth-order valence-electron chi connectivity index (χ4n) is 3.88. The molecule has 1 aromatic heterocycles. The number of H-pyrrole nitrogens is 1. The SMILES string of the molecule is CC1N=C(N2C[C@@H](C)O[C@@H](C)C2)c2[nH]c(N)c(S(=O)(=O)c3ccccc3)c2N1. The molecule has 2 aliphatic heterocycles. The van der Waals surface area contributed by atoms with Gasteiger partial charge in [0.15, 0.2) is 5.84 Å². The van der Waals surface area contributed by atoms with E-state index in [2.05, 4.69) is 15.2 Å². The lowest BCUT2D eigenvalue weighted by Gasteiger charge is -2.38. The third-order valence-corrected chi connectivity index (χ3v) is 6.77. The first-order valence-electron chi connectivity index (χ1n) is 9.34. The summed E-state index contributed by atoms with van der Waals surface area (Å²) < 4.78 is 32.4. The summed E-state index contributed by atoms with van der Waals surface area (Å²) in [7, 11) is -3.78. The quantitative estimate of drug-likeness (QED) is 0.707. The van der Waals surface area contributed by atoms with Crippen molar-refractivity contribution in [2.75, 3.05) is 24.1 Å². The second-order valence-corrected chi connectivity index (χ2v) is 9.26. The van der Waals surface area contributed by atoms with Crippen molar-refractivity contribution in [1.29, 1.82) is 0 Å². The van der Waals surface area contributed by atoms with Crippen LogP contribution in [0, 0.1) is 0 Å². The number of morpholine rings is 1. The maximum atomic E-state index is 13.3. The van der Waals surface area contributed by atoms with E-state index in [0.29, 0.717) is 30.3 Å². The predicted octanol–water partition coefficient (Wildman–Crippen LogP) is 2.06. The molecule has 1 fully saturated rings. The van der Waals surface area contributed by atoms with Gasteiger partial charge >= 0.3 is 0 Å². The van der Waals surface area contributed by atoms with Crippen LogP contribution in [-0.4, -0.2) is 55.6 Å². The summed E-state index contributed by atoms with van der Waals surface area (Å²) in [6.45, 7) is 7.27. The second-order valence-electron chi connectivity index (χ2n) is 7.37. The first kappa shape index (κ1) is 18.8. The van der Waals surface area contributed by atoms with Crippen molar-refractivity contribution >= 4 is 27.2 Å². The van der Waals surface area contributed by atoms with Crippen LogP contribution >= 0.6 is 0 Å². The number of anilines is 2. The summed E-state index contributed by atoms with van der Waals surface area (Å²) in [6.07, 6.45) is -0.171. The molecule has 2 aromatic rings. The van der Waals surface area contributed by atoms with Crippen LogP contribution in [0.1, 0.15) is 26.5 Å². The fourth-order valence-corrected chi connectivity index (χ4v) is 5.41. The van der Waals surface area contributed by atoms with Gasteiger partial charge in [0.25, 0.3) is 0 Å². The number of nitrogen functional groups attached to an aromatic ring is 1. The summed E-state index contributed by atoms with van der Waals surface area (Å²) in [4.78, 5) is 10.2. The molecule has 8 nitrogen and oxygen atoms in total. The molecule has 0 aliphatic carbocycles. The molecule has 150 valence electrons. The zero-order chi connectivity index (χ0) is 20.1. The monoisotopic (exact) mass is 403 g/mol. The molecule has 1 aromatic carbocycles. The molecule has 4 rings (SSSR count). The molecule has 1 saturated heterocycles. The molecule has 0 amide bonds. The number of aromatic amines is 1. The van der Waals surface area contributed by atoms with Gasteiger partial charge in [0.1, 0.15) is 22.6 Å². The predicted molar refractivity (Wildman–Crippen MR) is 108 cm³/mol. The van der Waals surface area contributed by atoms with Crippen LogP contribution < -0.4 is 11.1 Å². The number of aromatic nitrogens is 1. The molecule has 0 spiro atoms. The summed E-state index contributed by atoms with van der Waals surface area (Å²) in [5.74, 6) is 0.821. The zero-order valence-electron chi connectivity index (χ0n) is 16.1. The van der Waals surface area contributed by atoms with Crippen LogP contribution in [0.2, 0.25) is 0 Å². The lowest BCUT2D eigenvalue weighted by molar-refractivity contribution is -0.0480. The normalized spacial score (nSPS) is 25.0. The Morgan fingerprint density at radius 2 is 1.79 bits per heavy atom. The molecule has 1 unspecified atom stereocenters. The Kier molecular flexibility index (Phi) is 4.59. The van der Waals surface area contributed by atoms with Gasteiger partial charge in [-0.1, -0.05) is 18.2 Å². The van der Waals surface area contributed by atoms with E-state index in [0.717, 1.165) is 0 Å². The molecule has 3 atom stereocenters. The van der Waals surface area contributed by atoms with Gasteiger partial charge < -0.3 is 25.7 Å². The zero-order valence-corrected chi connectivity index (χ0v) is 17.0. The number of nitrogens with one attached hydrogen (secondary N) is 2. The van der Waals surface area contributed by atoms with E-state index < -0.39 is 9.84 Å². The average molecular weight is 404 g/mol. The number of fused-ring (bicyclic) bond motifs is 1. The second kappa shape index (κ2) is 6.82. The standard InChI is InChI=1S/C19H25N5O3S/c1-11-9-24(10-12(2)27-11)19-16-15(21-13(3)22-19)17(18(20)23-16)28(25,26)14-7-5-4-6-8-14/h4-8,11-13,21,23H,9-10,20H2,1-3H3/t11-,12+,13?. The smallest absolute Gasteiger partial charge is 0.212 e. The summed E-state index contributed by atoms with van der Waals surface area (Å²) >= 11 is 0. The van der Waals surface area contributed by atoms with E-state index in [9.17, 15) is 8.42 Å². The topological polar surface area (TPSA) is 113 Å². The molecule has 28 heavy (non-hydrogen) atoms. The maximum absolute atomic E-state index is 13.3. The molecular formula is C19H25N5O3S. The molecular weight excluding hydrogens is 378 g/mol. The van der Waals surface area contributed by atoms with Gasteiger partial charge in [0, 0.05) is 13.1 Å². The van der Waals surface area contributed by atoms with E-state index in [1.807, 2.05) is 20.8 Å². The number of amidine groups is 1. The van der Waals surface area contributed by atoms with E-state index in [1.54, 1.807) is 30.3 Å². The lowest BCUT2D eigenvalue weighted by Crippen LogP contribution is -2.49. The minimum atomic E-state index is -3.78. The number of aliphatic imine (C=N–C) groups is 1. The van der Waals surface area contributed by atoms with Crippen molar-refractivity contribution in [3.63, 3.8) is 0 Å². The number of ether oxygens (including phenoxy) is 1. The van der Waals surface area contributed by atoms with Crippen molar-refractivity contribution < 1.29 is 13.2 Å². The molecule has 9 heteroatoms. The number of benzene rings is 1. The Morgan fingerprint density at radius 3 is 2.43 bits per heavy atom. The summed E-state index contributed by atoms with van der Waals surface area (Å²) in [5, 5.41) is 3.18. The number of sulfone groups is 1. The fraction of sp³-hybridized carbons (Fsp3) is 0.421. The number of hydrogen-bond donors (Lipinski definition) is 3. The number of rotatable bonds is 2. The largest absolute Gasteiger partial charge is 0.384 e. The Bertz CT molecular complexity index is 1010. The van der Waals surface area contributed by atoms with Crippen LogP contribution in [0.3, 0.4) is 0 Å². The van der Waals surface area contributed by atoms with Gasteiger partial charge in [-0.2, -0.15) is 0 Å². The average Bonchev–Trinajstić information content (AvgIpc) is 2.97. The van der Waals surface area contributed by atoms with Gasteiger partial charge in [0.05, 0.1) is 22.8 Å². The Balaban J connectivity index is 1.81. The van der Waals surface area contributed by atoms with Gasteiger partial charge in [-0.15, -0.1) is 0 Å². The highest BCUT2D eigenvalue weighted by Crippen LogP contribution is 2.38. The van der Waals surface area contributed by atoms with E-state index in [1.165, 1.54) is 0 Å². The molecule has 2 aliphatic rings. The molecule has 4 N–H and O–H groups in total. The van der Waals surface area contributed by atoms with Crippen LogP contribution in [-0.2, 0) is 14.6 Å². The first-order valence-corrected chi connectivity index (χ1v) is 10.8. The first-order chi connectivity index (χ1) is 13.3. The molecule has 0 bridgehead atoms. The van der Waals surface area contributed by atoms with Crippen LogP contribution in [0.5, 0.6) is 0 Å². The number of nitrogens with zero attached hydrogens (tertiary/aromatic N) is 2. The van der Waals surface area contributed by atoms with Gasteiger partial charge in [-0.25, -0.2) is 13.4 Å². The minimum Gasteiger partial charge on any atom is -0.384 e. The Morgan fingerprint density at radius 1 is 1.14 bits per heavy atom. The van der Waals surface area contributed by atoms with Crippen LogP contribution in [0.25, 0.3) is 0 Å². The van der Waals surface area contributed by atoms with E-state index in [4.69, 9.17) is 15.5 Å². The lowest BCUT2D eigenvalue weighted by atomic mass is 10.2. The van der Waals surface area contributed by atoms with E-state index in [-0.39, 0.29) is 34.0 Å². The third kappa shape index (κ3) is 3.14. The van der Waals surface area contributed by atoms with Crippen LogP contribution in [0.4, 0.5) is 11.5 Å². The van der Waals surface area contributed by atoms with Crippen molar-refractivity contribution in [3.8, 4) is 0 Å². The number of hydrogen-bond acceptors (Lipinski definition) is 7. The highest BCUT2D eigenvalue weighted by atomic mass is 32.2. The molecule has 0 radical (unpaired) electrons. The van der Waals surface area contributed by atoms with Crippen molar-refractivity contribution in [2.45, 2.75) is 48.9 Å². The van der Waals surface area contributed by atoms with E-state index >= 15 is 0 Å². The minimum absolute atomic E-state index is 0.0555. The summed E-state index contributed by atoms with van der Waals surface area (Å²) in [6, 6.07) is 8.31. The molecule has 0 saturated carbocycles. The third-order valence-electron chi connectivity index (χ3n) is 4.92. The Labute approximate surface area is 164 Å². The highest BCUT2D eigenvalue weighted by Gasteiger charge is 2.36. The number of nitrogens with two attached hydrogens (primary N) is 1. The van der Waals surface area contributed by atoms with Gasteiger partial charge in [-0.3, -0.25) is 0 Å². The van der Waals surface area contributed by atoms with Gasteiger partial charge in [-0.05, 0) is 32.9 Å². The van der Waals surface area contributed by atoms with Crippen molar-refractivity contribution in [2.24, 2.45) is 4.99 Å². The van der Waals surface area contributed by atoms with Crippen molar-refractivity contribution in [1.82, 2.24) is 9.88 Å².